The van der Waals surface area contributed by atoms with Crippen LogP contribution in [0.5, 0.6) is 0 Å². The molecule has 0 aliphatic rings. The number of hydrogen-bond acceptors (Lipinski definition) is 2. The summed E-state index contributed by atoms with van der Waals surface area (Å²) < 4.78 is 41.0. The van der Waals surface area contributed by atoms with Gasteiger partial charge in [-0.1, -0.05) is 0 Å². The summed E-state index contributed by atoms with van der Waals surface area (Å²) in [6.07, 6.45) is -4.48. The third kappa shape index (κ3) is 6.73. The molecular weight excluding hydrogens is 207 g/mol. The standard InChI is InChI=1S/C10H20F3NO/c1-4-15-9(2,3)8(14)6-5-7-10(11,12)13/h8H,4-7,14H2,1-3H3. The molecule has 2 nitrogen and oxygen atoms in total. The van der Waals surface area contributed by atoms with Gasteiger partial charge in [0.05, 0.1) is 5.60 Å². The lowest BCUT2D eigenvalue weighted by molar-refractivity contribution is -0.136. The smallest absolute Gasteiger partial charge is 0.374 e. The van der Waals surface area contributed by atoms with Crippen molar-refractivity contribution in [3.63, 3.8) is 0 Å². The second kappa shape index (κ2) is 5.70. The Balaban J connectivity index is 3.87. The number of hydrogen-bond donors (Lipinski definition) is 1. The molecule has 1 atom stereocenters. The highest BCUT2D eigenvalue weighted by Gasteiger charge is 2.30. The molecule has 92 valence electrons. The first-order valence-electron chi connectivity index (χ1n) is 5.15. The predicted octanol–water partition coefficient (Wildman–Crippen LogP) is 2.86. The molecule has 2 N–H and O–H groups in total. The largest absolute Gasteiger partial charge is 0.389 e. The maximum Gasteiger partial charge on any atom is 0.389 e. The molecule has 0 aliphatic heterocycles. The third-order valence-electron chi connectivity index (χ3n) is 2.38. The fourth-order valence-corrected chi connectivity index (χ4v) is 1.35. The average molecular weight is 227 g/mol. The number of halogens is 3. The van der Waals surface area contributed by atoms with Crippen LogP contribution in [0.25, 0.3) is 0 Å². The Hall–Kier alpha value is -0.290. The molecule has 0 aromatic carbocycles. The SMILES string of the molecule is CCOC(C)(C)C(N)CCCC(F)(F)F. The van der Waals surface area contributed by atoms with E-state index in [4.69, 9.17) is 10.5 Å². The van der Waals surface area contributed by atoms with E-state index in [9.17, 15) is 13.2 Å². The second-order valence-corrected chi connectivity index (χ2v) is 4.15. The first-order valence-corrected chi connectivity index (χ1v) is 5.15. The summed E-state index contributed by atoms with van der Waals surface area (Å²) >= 11 is 0. The maximum absolute atomic E-state index is 11.9. The zero-order valence-electron chi connectivity index (χ0n) is 9.53. The molecule has 5 heteroatoms. The van der Waals surface area contributed by atoms with Crippen molar-refractivity contribution in [2.75, 3.05) is 6.61 Å². The van der Waals surface area contributed by atoms with E-state index < -0.39 is 18.2 Å². The Bertz CT molecular complexity index is 180. The molecule has 0 rings (SSSR count). The molecule has 0 fully saturated rings. The Morgan fingerprint density at radius 3 is 2.20 bits per heavy atom. The van der Waals surface area contributed by atoms with Gasteiger partial charge in [0.2, 0.25) is 0 Å². The van der Waals surface area contributed by atoms with Gasteiger partial charge in [-0.25, -0.2) is 0 Å². The molecule has 0 radical (unpaired) electrons. The number of nitrogens with two attached hydrogens (primary N) is 1. The summed E-state index contributed by atoms with van der Waals surface area (Å²) in [5, 5.41) is 0. The number of ether oxygens (including phenoxy) is 1. The van der Waals surface area contributed by atoms with Crippen LogP contribution in [0.3, 0.4) is 0 Å². The van der Waals surface area contributed by atoms with Crippen molar-refractivity contribution >= 4 is 0 Å². The lowest BCUT2D eigenvalue weighted by Crippen LogP contribution is -2.45. The monoisotopic (exact) mass is 227 g/mol. The van der Waals surface area contributed by atoms with Gasteiger partial charge >= 0.3 is 6.18 Å². The van der Waals surface area contributed by atoms with E-state index in [0.717, 1.165) is 0 Å². The summed E-state index contributed by atoms with van der Waals surface area (Å²) in [5.74, 6) is 0. The van der Waals surface area contributed by atoms with Crippen molar-refractivity contribution in [2.45, 2.75) is 57.9 Å². The highest BCUT2D eigenvalue weighted by molar-refractivity contribution is 4.82. The molecule has 0 aromatic heterocycles. The molecular formula is C10H20F3NO. The Labute approximate surface area is 89.0 Å². The van der Waals surface area contributed by atoms with Gasteiger partial charge < -0.3 is 10.5 Å². The Morgan fingerprint density at radius 2 is 1.80 bits per heavy atom. The number of rotatable bonds is 6. The highest BCUT2D eigenvalue weighted by atomic mass is 19.4. The molecule has 0 saturated heterocycles. The zero-order chi connectivity index (χ0) is 12.1. The van der Waals surface area contributed by atoms with E-state index in [-0.39, 0.29) is 12.5 Å². The van der Waals surface area contributed by atoms with Gasteiger partial charge in [0.25, 0.3) is 0 Å². The molecule has 1 unspecified atom stereocenters. The van der Waals surface area contributed by atoms with Crippen molar-refractivity contribution in [1.29, 1.82) is 0 Å². The quantitative estimate of drug-likeness (QED) is 0.757. The minimum Gasteiger partial charge on any atom is -0.374 e. The fourth-order valence-electron chi connectivity index (χ4n) is 1.35. The van der Waals surface area contributed by atoms with Gasteiger partial charge in [0.15, 0.2) is 0 Å². The van der Waals surface area contributed by atoms with Crippen molar-refractivity contribution in [3.05, 3.63) is 0 Å². The average Bonchev–Trinajstić information content (AvgIpc) is 2.01. The predicted molar refractivity (Wildman–Crippen MR) is 53.6 cm³/mol. The summed E-state index contributed by atoms with van der Waals surface area (Å²) in [4.78, 5) is 0. The Kier molecular flexibility index (Phi) is 5.59. The van der Waals surface area contributed by atoms with Crippen molar-refractivity contribution in [3.8, 4) is 0 Å². The first-order chi connectivity index (χ1) is 6.69. The summed E-state index contributed by atoms with van der Waals surface area (Å²) in [6, 6.07) is -0.361. The van der Waals surface area contributed by atoms with Gasteiger partial charge in [-0.3, -0.25) is 0 Å². The zero-order valence-corrected chi connectivity index (χ0v) is 9.53. The van der Waals surface area contributed by atoms with E-state index in [0.29, 0.717) is 13.0 Å². The van der Waals surface area contributed by atoms with Crippen molar-refractivity contribution in [2.24, 2.45) is 5.73 Å². The molecule has 0 amide bonds. The van der Waals surface area contributed by atoms with Crippen LogP contribution in [0.1, 0.15) is 40.0 Å². The normalized spacial score (nSPS) is 15.4. The van der Waals surface area contributed by atoms with Gasteiger partial charge in [0.1, 0.15) is 0 Å². The number of alkyl halides is 3. The topological polar surface area (TPSA) is 35.2 Å². The van der Waals surface area contributed by atoms with Crippen molar-refractivity contribution in [1.82, 2.24) is 0 Å². The lowest BCUT2D eigenvalue weighted by Gasteiger charge is -2.31. The van der Waals surface area contributed by atoms with Crippen LogP contribution < -0.4 is 5.73 Å². The minimum absolute atomic E-state index is 0.0567. The van der Waals surface area contributed by atoms with E-state index >= 15 is 0 Å². The summed E-state index contributed by atoms with van der Waals surface area (Å²) in [5.41, 5.74) is 5.22. The fraction of sp³-hybridized carbons (Fsp3) is 1.00. The van der Waals surface area contributed by atoms with Crippen LogP contribution in [0, 0.1) is 0 Å². The molecule has 0 saturated carbocycles. The highest BCUT2D eigenvalue weighted by Crippen LogP contribution is 2.24. The van der Waals surface area contributed by atoms with Gasteiger partial charge in [-0.15, -0.1) is 0 Å². The van der Waals surface area contributed by atoms with Crippen LogP contribution in [-0.4, -0.2) is 24.4 Å². The van der Waals surface area contributed by atoms with Crippen LogP contribution in [0.2, 0.25) is 0 Å². The van der Waals surface area contributed by atoms with E-state index in [1.165, 1.54) is 0 Å². The van der Waals surface area contributed by atoms with Crippen molar-refractivity contribution < 1.29 is 17.9 Å². The molecule has 0 bridgehead atoms. The van der Waals surface area contributed by atoms with Crippen LogP contribution in [0.15, 0.2) is 0 Å². The van der Waals surface area contributed by atoms with Crippen LogP contribution in [0.4, 0.5) is 13.2 Å². The molecule has 0 aliphatic carbocycles. The molecule has 15 heavy (non-hydrogen) atoms. The van der Waals surface area contributed by atoms with Gasteiger partial charge in [-0.2, -0.15) is 13.2 Å². The first kappa shape index (κ1) is 14.7. The molecule has 0 spiro atoms. The van der Waals surface area contributed by atoms with E-state index in [1.807, 2.05) is 6.92 Å². The van der Waals surface area contributed by atoms with Gasteiger partial charge in [-0.05, 0) is 33.6 Å². The summed E-state index contributed by atoms with van der Waals surface area (Å²) in [6.45, 7) is 5.95. The van der Waals surface area contributed by atoms with Gasteiger partial charge in [0, 0.05) is 19.1 Å². The maximum atomic E-state index is 11.9. The Morgan fingerprint density at radius 1 is 1.27 bits per heavy atom. The van der Waals surface area contributed by atoms with Crippen LogP contribution in [-0.2, 0) is 4.74 Å². The summed E-state index contributed by atoms with van der Waals surface area (Å²) in [7, 11) is 0. The lowest BCUT2D eigenvalue weighted by atomic mass is 9.94. The van der Waals surface area contributed by atoms with E-state index in [1.54, 1.807) is 13.8 Å². The molecule has 0 aromatic rings. The third-order valence-corrected chi connectivity index (χ3v) is 2.38. The minimum atomic E-state index is -4.09. The van der Waals surface area contributed by atoms with Crippen LogP contribution >= 0.6 is 0 Å². The van der Waals surface area contributed by atoms with E-state index in [2.05, 4.69) is 0 Å². The molecule has 0 heterocycles. The second-order valence-electron chi connectivity index (χ2n) is 4.15.